The molecule has 2 aromatic rings. The number of carboxylic acids is 1. The van der Waals surface area contributed by atoms with Crippen LogP contribution < -0.4 is 10.2 Å². The fourth-order valence-corrected chi connectivity index (χ4v) is 3.03. The molecule has 140 valence electrons. The molecule has 8 heteroatoms. The smallest absolute Gasteiger partial charge is 0.337 e. The topological polar surface area (TPSA) is 108 Å². The molecule has 1 aromatic heterocycles. The van der Waals surface area contributed by atoms with E-state index in [1.54, 1.807) is 0 Å². The second kappa shape index (κ2) is 7.94. The molecule has 27 heavy (non-hydrogen) atoms. The van der Waals surface area contributed by atoms with Crippen molar-refractivity contribution in [2.45, 2.75) is 19.3 Å². The van der Waals surface area contributed by atoms with Crippen LogP contribution in [0, 0.1) is 5.92 Å². The van der Waals surface area contributed by atoms with Crippen molar-refractivity contribution in [3.8, 4) is 0 Å². The van der Waals surface area contributed by atoms with Gasteiger partial charge < -0.3 is 15.3 Å². The third-order valence-electron chi connectivity index (χ3n) is 4.63. The predicted octanol–water partition coefficient (Wildman–Crippen LogP) is 1.90. The number of carbonyl (C=O) groups excluding carboxylic acids is 1. The quantitative estimate of drug-likeness (QED) is 0.593. The van der Waals surface area contributed by atoms with E-state index in [1.807, 2.05) is 24.3 Å². The fourth-order valence-electron chi connectivity index (χ4n) is 3.03. The monoisotopic (exact) mass is 367 g/mol. The third kappa shape index (κ3) is 4.46. The average Bonchev–Trinajstić information content (AvgIpc) is 2.67. The highest BCUT2D eigenvalue weighted by Crippen LogP contribution is 2.23. The van der Waals surface area contributed by atoms with E-state index in [-0.39, 0.29) is 23.1 Å². The highest BCUT2D eigenvalue weighted by molar-refractivity contribution is 5.92. The van der Waals surface area contributed by atoms with E-state index >= 15 is 0 Å². The Hall–Kier alpha value is -3.29. The first-order valence-corrected chi connectivity index (χ1v) is 8.70. The molecule has 0 bridgehead atoms. The Kier molecular flexibility index (Phi) is 5.44. The Balaban J connectivity index is 1.52. The number of anilines is 1. The second-order valence-electron chi connectivity index (χ2n) is 6.55. The molecule has 1 amide bonds. The number of rotatable bonds is 6. The van der Waals surface area contributed by atoms with Gasteiger partial charge in [-0.25, -0.2) is 9.78 Å². The molecular weight excluding hydrogens is 346 g/mol. The van der Waals surface area contributed by atoms with E-state index in [1.165, 1.54) is 0 Å². The Labute approximate surface area is 156 Å². The maximum absolute atomic E-state index is 12.1. The number of carboxylic acid groups (broad SMARTS) is 1. The van der Waals surface area contributed by atoms with Crippen molar-refractivity contribution < 1.29 is 14.7 Å². The summed E-state index contributed by atoms with van der Waals surface area (Å²) in [6.07, 6.45) is 1.95. The van der Waals surface area contributed by atoms with Crippen molar-refractivity contribution in [3.05, 3.63) is 48.7 Å². The number of carbonyl (C=O) groups is 2. The summed E-state index contributed by atoms with van der Waals surface area (Å²) in [4.78, 5) is 29.5. The molecule has 1 aliphatic heterocycles. The van der Waals surface area contributed by atoms with Crippen LogP contribution in [0.3, 0.4) is 0 Å². The molecular formula is C19H21N5O3. The Bertz CT molecular complexity index is 903. The van der Waals surface area contributed by atoms with Crippen LogP contribution in [0.1, 0.15) is 19.3 Å². The molecule has 2 heterocycles. The number of aliphatic carboxylic acids is 1. The van der Waals surface area contributed by atoms with Crippen LogP contribution in [0.15, 0.2) is 48.7 Å². The number of nitrogens with zero attached hydrogens (tertiary/aromatic N) is 4. The zero-order valence-electron chi connectivity index (χ0n) is 14.9. The van der Waals surface area contributed by atoms with Gasteiger partial charge in [-0.3, -0.25) is 4.79 Å². The minimum absolute atomic E-state index is 0.0283. The van der Waals surface area contributed by atoms with Crippen molar-refractivity contribution in [3.63, 3.8) is 0 Å². The van der Waals surface area contributed by atoms with Crippen molar-refractivity contribution in [2.24, 2.45) is 5.92 Å². The number of nitrogens with one attached hydrogen (secondary N) is 1. The number of benzene rings is 1. The molecule has 0 unspecified atom stereocenters. The molecule has 0 radical (unpaired) electrons. The van der Waals surface area contributed by atoms with E-state index < -0.39 is 5.97 Å². The minimum Gasteiger partial charge on any atom is -0.478 e. The normalized spacial score (nSPS) is 14.7. The Morgan fingerprint density at radius 3 is 2.48 bits per heavy atom. The fraction of sp³-hybridized carbons (Fsp3) is 0.316. The molecule has 3 rings (SSSR count). The van der Waals surface area contributed by atoms with E-state index in [0.29, 0.717) is 12.4 Å². The van der Waals surface area contributed by atoms with Crippen LogP contribution in [0.5, 0.6) is 0 Å². The SMILES string of the molecule is C=C(NC(=O)CC1CCN(c2nnc3ccccc3n2)CC1)C(=C)C(=O)O. The molecule has 1 aromatic carbocycles. The highest BCUT2D eigenvalue weighted by Gasteiger charge is 2.24. The molecule has 1 saturated heterocycles. The lowest BCUT2D eigenvalue weighted by molar-refractivity contribution is -0.132. The molecule has 0 saturated carbocycles. The zero-order valence-corrected chi connectivity index (χ0v) is 14.9. The van der Waals surface area contributed by atoms with Gasteiger partial charge in [0, 0.05) is 25.2 Å². The number of piperidine rings is 1. The average molecular weight is 367 g/mol. The highest BCUT2D eigenvalue weighted by atomic mass is 16.4. The van der Waals surface area contributed by atoms with Crippen LogP contribution in [-0.2, 0) is 9.59 Å². The molecule has 0 spiro atoms. The van der Waals surface area contributed by atoms with Gasteiger partial charge in [0.05, 0.1) is 11.1 Å². The molecule has 0 aliphatic carbocycles. The van der Waals surface area contributed by atoms with Gasteiger partial charge in [-0.2, -0.15) is 0 Å². The van der Waals surface area contributed by atoms with Gasteiger partial charge in [0.2, 0.25) is 11.9 Å². The lowest BCUT2D eigenvalue weighted by atomic mass is 9.93. The van der Waals surface area contributed by atoms with Gasteiger partial charge in [-0.1, -0.05) is 25.3 Å². The number of para-hydroxylation sites is 1. The van der Waals surface area contributed by atoms with E-state index in [4.69, 9.17) is 5.11 Å². The minimum atomic E-state index is -1.20. The summed E-state index contributed by atoms with van der Waals surface area (Å²) in [5.41, 5.74) is 1.39. The van der Waals surface area contributed by atoms with E-state index in [2.05, 4.69) is 38.6 Å². The van der Waals surface area contributed by atoms with Gasteiger partial charge in [-0.15, -0.1) is 10.2 Å². The van der Waals surface area contributed by atoms with Crippen molar-refractivity contribution in [1.29, 1.82) is 0 Å². The first-order chi connectivity index (χ1) is 12.9. The van der Waals surface area contributed by atoms with Gasteiger partial charge in [0.25, 0.3) is 0 Å². The number of hydrogen-bond donors (Lipinski definition) is 2. The lowest BCUT2D eigenvalue weighted by Gasteiger charge is -2.31. The molecule has 2 N–H and O–H groups in total. The van der Waals surface area contributed by atoms with Crippen LogP contribution in [0.2, 0.25) is 0 Å². The summed E-state index contributed by atoms with van der Waals surface area (Å²) in [6, 6.07) is 7.59. The Morgan fingerprint density at radius 2 is 1.81 bits per heavy atom. The van der Waals surface area contributed by atoms with Crippen molar-refractivity contribution in [2.75, 3.05) is 18.0 Å². The molecule has 1 aliphatic rings. The molecule has 8 nitrogen and oxygen atoms in total. The summed E-state index contributed by atoms with van der Waals surface area (Å²) in [5, 5.41) is 19.8. The predicted molar refractivity (Wildman–Crippen MR) is 101 cm³/mol. The molecule has 0 atom stereocenters. The Morgan fingerprint density at radius 1 is 1.15 bits per heavy atom. The summed E-state index contributed by atoms with van der Waals surface area (Å²) in [5.74, 6) is -0.634. The number of amides is 1. The number of hydrogen-bond acceptors (Lipinski definition) is 6. The van der Waals surface area contributed by atoms with Crippen LogP contribution >= 0.6 is 0 Å². The van der Waals surface area contributed by atoms with Crippen molar-refractivity contribution >= 4 is 28.9 Å². The maximum Gasteiger partial charge on any atom is 0.337 e. The van der Waals surface area contributed by atoms with Crippen LogP contribution in [-0.4, -0.2) is 45.3 Å². The second-order valence-corrected chi connectivity index (χ2v) is 6.55. The standard InChI is InChI=1S/C19H21N5O3/c1-12(18(26)27)13(2)20-17(25)11-14-7-9-24(10-8-14)19-21-15-5-3-4-6-16(15)22-23-19/h3-6,14H,1-2,7-11H2,(H,20,25)(H,26,27). The lowest BCUT2D eigenvalue weighted by Crippen LogP contribution is -2.37. The van der Waals surface area contributed by atoms with Gasteiger partial charge in [0.1, 0.15) is 5.52 Å². The van der Waals surface area contributed by atoms with Crippen LogP contribution in [0.25, 0.3) is 11.0 Å². The summed E-state index contributed by atoms with van der Waals surface area (Å²) >= 11 is 0. The van der Waals surface area contributed by atoms with Gasteiger partial charge in [-0.05, 0) is 30.9 Å². The first-order valence-electron chi connectivity index (χ1n) is 8.70. The van der Waals surface area contributed by atoms with Crippen LogP contribution in [0.4, 0.5) is 5.95 Å². The largest absolute Gasteiger partial charge is 0.478 e. The first kappa shape index (κ1) is 18.5. The van der Waals surface area contributed by atoms with E-state index in [0.717, 1.165) is 37.0 Å². The summed E-state index contributed by atoms with van der Waals surface area (Å²) < 4.78 is 0. The zero-order chi connectivity index (χ0) is 19.4. The number of fused-ring (bicyclic) bond motifs is 1. The molecule has 1 fully saturated rings. The van der Waals surface area contributed by atoms with Gasteiger partial charge >= 0.3 is 5.97 Å². The summed E-state index contributed by atoms with van der Waals surface area (Å²) in [7, 11) is 0. The summed E-state index contributed by atoms with van der Waals surface area (Å²) in [6.45, 7) is 8.39. The van der Waals surface area contributed by atoms with Crippen molar-refractivity contribution in [1.82, 2.24) is 20.5 Å². The maximum atomic E-state index is 12.1. The van der Waals surface area contributed by atoms with Gasteiger partial charge in [0.15, 0.2) is 0 Å². The van der Waals surface area contributed by atoms with E-state index in [9.17, 15) is 9.59 Å². The third-order valence-corrected chi connectivity index (χ3v) is 4.63. The number of aromatic nitrogens is 3.